The molecule has 2 N–H and O–H groups in total. The Morgan fingerprint density at radius 2 is 2.22 bits per heavy atom. The van der Waals surface area contributed by atoms with Gasteiger partial charge in [0.25, 0.3) is 0 Å². The molecule has 1 heterocycles. The molecule has 0 bridgehead atoms. The molecule has 4 heteroatoms. The topological polar surface area (TPSA) is 44.5 Å². The summed E-state index contributed by atoms with van der Waals surface area (Å²) in [5.41, 5.74) is 7.37. The quantitative estimate of drug-likeness (QED) is 0.876. The van der Waals surface area contributed by atoms with Crippen molar-refractivity contribution >= 4 is 0 Å². The van der Waals surface area contributed by atoms with Crippen LogP contribution in [0.1, 0.15) is 30.4 Å². The maximum absolute atomic E-state index is 13.1. The maximum Gasteiger partial charge on any atom is 0.123 e. The molecule has 1 aromatic rings. The molecule has 1 unspecified atom stereocenters. The van der Waals surface area contributed by atoms with E-state index in [0.717, 1.165) is 30.6 Å². The number of ether oxygens (including phenoxy) is 2. The molecule has 2 rings (SSSR count). The number of rotatable bonds is 5. The van der Waals surface area contributed by atoms with Crippen molar-refractivity contribution in [3.05, 3.63) is 35.1 Å². The van der Waals surface area contributed by atoms with E-state index in [1.165, 1.54) is 18.6 Å². The molecule has 3 nitrogen and oxygen atoms in total. The lowest BCUT2D eigenvalue weighted by Crippen LogP contribution is -2.24. The van der Waals surface area contributed by atoms with Crippen molar-refractivity contribution in [2.45, 2.75) is 38.5 Å². The molecular weight excluding hydrogens is 233 g/mol. The van der Waals surface area contributed by atoms with Gasteiger partial charge in [0.2, 0.25) is 0 Å². The molecule has 0 amide bonds. The number of hydrogen-bond acceptors (Lipinski definition) is 3. The van der Waals surface area contributed by atoms with Gasteiger partial charge < -0.3 is 15.2 Å². The molecule has 1 aliphatic rings. The molecule has 0 aliphatic carbocycles. The number of nitrogens with two attached hydrogens (primary N) is 1. The summed E-state index contributed by atoms with van der Waals surface area (Å²) < 4.78 is 24.3. The van der Waals surface area contributed by atoms with Gasteiger partial charge in [-0.3, -0.25) is 0 Å². The summed E-state index contributed by atoms with van der Waals surface area (Å²) in [6.07, 6.45) is 3.57. The van der Waals surface area contributed by atoms with Crippen LogP contribution < -0.4 is 5.73 Å². The maximum atomic E-state index is 13.1. The van der Waals surface area contributed by atoms with Crippen LogP contribution in [0.4, 0.5) is 4.39 Å². The van der Waals surface area contributed by atoms with Crippen molar-refractivity contribution in [2.24, 2.45) is 5.73 Å². The Hall–Kier alpha value is -0.970. The van der Waals surface area contributed by atoms with Gasteiger partial charge in [-0.2, -0.15) is 0 Å². The lowest BCUT2D eigenvalue weighted by Gasteiger charge is -2.22. The highest BCUT2D eigenvalue weighted by Gasteiger charge is 2.14. The van der Waals surface area contributed by atoms with Crippen LogP contribution in [-0.2, 0) is 22.6 Å². The molecule has 100 valence electrons. The molecule has 0 radical (unpaired) electrons. The van der Waals surface area contributed by atoms with Gasteiger partial charge >= 0.3 is 0 Å². The van der Waals surface area contributed by atoms with Crippen molar-refractivity contribution < 1.29 is 13.9 Å². The first-order valence-corrected chi connectivity index (χ1v) is 6.46. The predicted octanol–water partition coefficient (Wildman–Crippen LogP) is 2.37. The van der Waals surface area contributed by atoms with E-state index in [9.17, 15) is 4.39 Å². The average Bonchev–Trinajstić information content (AvgIpc) is 2.40. The SMILES string of the molecule is NCc1ccc(F)cc1COCC1CCCCO1. The monoisotopic (exact) mass is 253 g/mol. The van der Waals surface area contributed by atoms with E-state index in [1.807, 2.05) is 0 Å². The van der Waals surface area contributed by atoms with Crippen molar-refractivity contribution in [1.29, 1.82) is 0 Å². The van der Waals surface area contributed by atoms with Gasteiger partial charge in [0, 0.05) is 13.2 Å². The normalized spacial score (nSPS) is 20.0. The fraction of sp³-hybridized carbons (Fsp3) is 0.571. The Morgan fingerprint density at radius 1 is 1.33 bits per heavy atom. The van der Waals surface area contributed by atoms with E-state index in [1.54, 1.807) is 6.07 Å². The first-order chi connectivity index (χ1) is 8.79. The summed E-state index contributed by atoms with van der Waals surface area (Å²) in [5, 5.41) is 0. The van der Waals surface area contributed by atoms with Crippen molar-refractivity contribution in [1.82, 2.24) is 0 Å². The third kappa shape index (κ3) is 3.77. The highest BCUT2D eigenvalue weighted by molar-refractivity contribution is 5.27. The molecule has 1 aliphatic heterocycles. The summed E-state index contributed by atoms with van der Waals surface area (Å²) in [4.78, 5) is 0. The van der Waals surface area contributed by atoms with Crippen LogP contribution in [0.15, 0.2) is 18.2 Å². The van der Waals surface area contributed by atoms with Gasteiger partial charge in [-0.1, -0.05) is 6.07 Å². The molecule has 1 atom stereocenters. The van der Waals surface area contributed by atoms with Crippen LogP contribution in [0.25, 0.3) is 0 Å². The molecule has 0 spiro atoms. The molecule has 18 heavy (non-hydrogen) atoms. The number of benzene rings is 1. The van der Waals surface area contributed by atoms with Gasteiger partial charge in [-0.25, -0.2) is 4.39 Å². The van der Waals surface area contributed by atoms with Crippen molar-refractivity contribution in [2.75, 3.05) is 13.2 Å². The van der Waals surface area contributed by atoms with E-state index >= 15 is 0 Å². The minimum absolute atomic E-state index is 0.189. The van der Waals surface area contributed by atoms with E-state index in [2.05, 4.69) is 0 Å². The van der Waals surface area contributed by atoms with Gasteiger partial charge in [0.15, 0.2) is 0 Å². The smallest absolute Gasteiger partial charge is 0.123 e. The fourth-order valence-corrected chi connectivity index (χ4v) is 2.17. The molecule has 1 fully saturated rings. The molecule has 1 aromatic carbocycles. The molecular formula is C14H20FNO2. The van der Waals surface area contributed by atoms with E-state index in [-0.39, 0.29) is 11.9 Å². The Labute approximate surface area is 107 Å². The zero-order valence-electron chi connectivity index (χ0n) is 10.5. The zero-order chi connectivity index (χ0) is 12.8. The number of halogens is 1. The second kappa shape index (κ2) is 6.83. The molecule has 1 saturated heterocycles. The highest BCUT2D eigenvalue weighted by atomic mass is 19.1. The standard InChI is InChI=1S/C14H20FNO2/c15-13-5-4-11(8-16)12(7-13)9-17-10-14-3-1-2-6-18-14/h4-5,7,14H,1-3,6,8-10,16H2. The predicted molar refractivity (Wildman–Crippen MR) is 67.5 cm³/mol. The van der Waals surface area contributed by atoms with Crippen LogP contribution in [-0.4, -0.2) is 19.3 Å². The van der Waals surface area contributed by atoms with E-state index in [0.29, 0.717) is 19.8 Å². The zero-order valence-corrected chi connectivity index (χ0v) is 10.5. The average molecular weight is 253 g/mol. The fourth-order valence-electron chi connectivity index (χ4n) is 2.17. The van der Waals surface area contributed by atoms with Crippen LogP contribution in [0.3, 0.4) is 0 Å². The van der Waals surface area contributed by atoms with Crippen molar-refractivity contribution in [3.8, 4) is 0 Å². The van der Waals surface area contributed by atoms with Gasteiger partial charge in [-0.15, -0.1) is 0 Å². The largest absolute Gasteiger partial charge is 0.376 e. The van der Waals surface area contributed by atoms with Gasteiger partial charge in [-0.05, 0) is 42.5 Å². The minimum Gasteiger partial charge on any atom is -0.376 e. The molecule has 0 aromatic heterocycles. The molecule has 0 saturated carbocycles. The first kappa shape index (κ1) is 13.5. The Kier molecular flexibility index (Phi) is 5.11. The summed E-state index contributed by atoms with van der Waals surface area (Å²) in [6, 6.07) is 4.63. The third-order valence-electron chi connectivity index (χ3n) is 3.22. The van der Waals surface area contributed by atoms with Crippen LogP contribution in [0, 0.1) is 5.82 Å². The van der Waals surface area contributed by atoms with Crippen LogP contribution in [0.2, 0.25) is 0 Å². The van der Waals surface area contributed by atoms with E-state index < -0.39 is 0 Å². The Balaban J connectivity index is 1.83. The van der Waals surface area contributed by atoms with E-state index in [4.69, 9.17) is 15.2 Å². The first-order valence-electron chi connectivity index (χ1n) is 6.46. The summed E-state index contributed by atoms with van der Waals surface area (Å²) in [6.45, 7) is 2.19. The van der Waals surface area contributed by atoms with Gasteiger partial charge in [0.05, 0.1) is 19.3 Å². The summed E-state index contributed by atoms with van der Waals surface area (Å²) in [5.74, 6) is -0.250. The second-order valence-corrected chi connectivity index (χ2v) is 4.62. The Morgan fingerprint density at radius 3 is 2.94 bits per heavy atom. The van der Waals surface area contributed by atoms with Crippen LogP contribution in [0.5, 0.6) is 0 Å². The van der Waals surface area contributed by atoms with Crippen LogP contribution >= 0.6 is 0 Å². The Bertz CT molecular complexity index is 378. The van der Waals surface area contributed by atoms with Gasteiger partial charge in [0.1, 0.15) is 5.82 Å². The summed E-state index contributed by atoms with van der Waals surface area (Å²) in [7, 11) is 0. The lowest BCUT2D eigenvalue weighted by molar-refractivity contribution is -0.0448. The van der Waals surface area contributed by atoms with Crippen molar-refractivity contribution in [3.63, 3.8) is 0 Å². The summed E-state index contributed by atoms with van der Waals surface area (Å²) >= 11 is 0. The second-order valence-electron chi connectivity index (χ2n) is 4.62. The lowest BCUT2D eigenvalue weighted by atomic mass is 10.1. The number of hydrogen-bond donors (Lipinski definition) is 1. The third-order valence-corrected chi connectivity index (χ3v) is 3.22. The highest BCUT2D eigenvalue weighted by Crippen LogP contribution is 2.15. The minimum atomic E-state index is -0.250.